The fourth-order valence-corrected chi connectivity index (χ4v) is 1.35. The monoisotopic (exact) mass is 246 g/mol. The highest BCUT2D eigenvalue weighted by Crippen LogP contribution is 2.17. The van der Waals surface area contributed by atoms with Gasteiger partial charge in [0.15, 0.2) is 0 Å². The van der Waals surface area contributed by atoms with Crippen LogP contribution in [0.5, 0.6) is 0 Å². The molecule has 1 rings (SSSR count). The van der Waals surface area contributed by atoms with Gasteiger partial charge in [-0.1, -0.05) is 35.9 Å². The molecule has 0 aliphatic rings. The average Bonchev–Trinajstić information content (AvgIpc) is 2.35. The normalized spacial score (nSPS) is 10.5. The van der Waals surface area contributed by atoms with Gasteiger partial charge >= 0.3 is 0 Å². The summed E-state index contributed by atoms with van der Waals surface area (Å²) in [6, 6.07) is 8.84. The molecule has 4 heteroatoms. The van der Waals surface area contributed by atoms with Gasteiger partial charge in [0.1, 0.15) is 11.6 Å². The Morgan fingerprint density at radius 3 is 2.82 bits per heavy atom. The Hall–Kier alpha value is -2.05. The van der Waals surface area contributed by atoms with E-state index in [2.05, 4.69) is 11.9 Å². The fourth-order valence-electron chi connectivity index (χ4n) is 1.16. The molecule has 1 amide bonds. The lowest BCUT2D eigenvalue weighted by molar-refractivity contribution is -0.116. The van der Waals surface area contributed by atoms with Gasteiger partial charge < -0.3 is 5.32 Å². The molecular formula is C13H11ClN2O. The third-order valence-electron chi connectivity index (χ3n) is 1.98. The van der Waals surface area contributed by atoms with Crippen molar-refractivity contribution in [3.63, 3.8) is 0 Å². The molecule has 1 aromatic carbocycles. The molecule has 0 fully saturated rings. The second-order valence-electron chi connectivity index (χ2n) is 3.19. The van der Waals surface area contributed by atoms with Crippen LogP contribution in [0.25, 0.3) is 6.08 Å². The number of nitrogens with zero attached hydrogens (tertiary/aromatic N) is 1. The van der Waals surface area contributed by atoms with E-state index in [-0.39, 0.29) is 5.57 Å². The lowest BCUT2D eigenvalue weighted by atomic mass is 10.1. The van der Waals surface area contributed by atoms with Gasteiger partial charge in [-0.3, -0.25) is 4.79 Å². The third-order valence-corrected chi connectivity index (χ3v) is 2.32. The summed E-state index contributed by atoms with van der Waals surface area (Å²) < 4.78 is 0. The van der Waals surface area contributed by atoms with Crippen molar-refractivity contribution < 1.29 is 4.79 Å². The van der Waals surface area contributed by atoms with Crippen molar-refractivity contribution in [1.29, 1.82) is 5.26 Å². The lowest BCUT2D eigenvalue weighted by Gasteiger charge is -2.01. The van der Waals surface area contributed by atoms with E-state index < -0.39 is 5.91 Å². The number of benzene rings is 1. The number of nitriles is 1. The summed E-state index contributed by atoms with van der Waals surface area (Å²) >= 11 is 5.93. The van der Waals surface area contributed by atoms with E-state index in [1.165, 1.54) is 6.08 Å². The van der Waals surface area contributed by atoms with Gasteiger partial charge in [-0.2, -0.15) is 5.26 Å². The maximum Gasteiger partial charge on any atom is 0.262 e. The molecule has 0 bridgehead atoms. The largest absolute Gasteiger partial charge is 0.348 e. The first-order valence-electron chi connectivity index (χ1n) is 4.94. The summed E-state index contributed by atoms with van der Waals surface area (Å²) in [4.78, 5) is 11.6. The van der Waals surface area contributed by atoms with E-state index >= 15 is 0 Å². The predicted molar refractivity (Wildman–Crippen MR) is 68.2 cm³/mol. The number of carbonyl (C=O) groups excluding carboxylic acids is 1. The fraction of sp³-hybridized carbons (Fsp3) is 0.0769. The zero-order valence-corrected chi connectivity index (χ0v) is 9.87. The quantitative estimate of drug-likeness (QED) is 0.504. The highest BCUT2D eigenvalue weighted by atomic mass is 35.5. The van der Waals surface area contributed by atoms with Gasteiger partial charge in [0, 0.05) is 11.6 Å². The Kier molecular flexibility index (Phi) is 4.99. The van der Waals surface area contributed by atoms with Crippen molar-refractivity contribution in [2.24, 2.45) is 0 Å². The lowest BCUT2D eigenvalue weighted by Crippen LogP contribution is -2.24. The molecule has 0 saturated heterocycles. The summed E-state index contributed by atoms with van der Waals surface area (Å²) in [5.41, 5.74) is 0.652. The molecule has 0 aromatic heterocycles. The first kappa shape index (κ1) is 13.0. The maximum absolute atomic E-state index is 11.6. The first-order chi connectivity index (χ1) is 8.19. The minimum Gasteiger partial charge on any atom is -0.348 e. The number of carbonyl (C=O) groups is 1. The molecule has 17 heavy (non-hydrogen) atoms. The van der Waals surface area contributed by atoms with Crippen LogP contribution in [0.1, 0.15) is 5.56 Å². The number of halogens is 1. The Balaban J connectivity index is 2.95. The van der Waals surface area contributed by atoms with Gasteiger partial charge in [-0.25, -0.2) is 0 Å². The topological polar surface area (TPSA) is 52.9 Å². The highest BCUT2D eigenvalue weighted by Gasteiger charge is 2.08. The van der Waals surface area contributed by atoms with Crippen LogP contribution in [-0.4, -0.2) is 12.5 Å². The van der Waals surface area contributed by atoms with E-state index in [1.54, 1.807) is 30.3 Å². The van der Waals surface area contributed by atoms with Crippen LogP contribution in [0.15, 0.2) is 42.5 Å². The number of rotatable bonds is 4. The van der Waals surface area contributed by atoms with Crippen LogP contribution in [0.2, 0.25) is 5.02 Å². The van der Waals surface area contributed by atoms with Crippen LogP contribution in [-0.2, 0) is 4.79 Å². The molecule has 0 radical (unpaired) electrons. The van der Waals surface area contributed by atoms with Crippen LogP contribution in [0.3, 0.4) is 0 Å². The molecule has 0 aliphatic heterocycles. The number of hydrogen-bond acceptors (Lipinski definition) is 2. The predicted octanol–water partition coefficient (Wildman–Crippen LogP) is 2.55. The Morgan fingerprint density at radius 1 is 1.53 bits per heavy atom. The van der Waals surface area contributed by atoms with Gasteiger partial charge in [-0.05, 0) is 17.7 Å². The third kappa shape index (κ3) is 3.78. The minimum absolute atomic E-state index is 0.0138. The second-order valence-corrected chi connectivity index (χ2v) is 3.60. The zero-order valence-electron chi connectivity index (χ0n) is 9.11. The molecule has 0 atom stereocenters. The summed E-state index contributed by atoms with van der Waals surface area (Å²) in [5.74, 6) is -0.438. The van der Waals surface area contributed by atoms with Crippen LogP contribution < -0.4 is 5.32 Å². The molecule has 1 N–H and O–H groups in total. The summed E-state index contributed by atoms with van der Waals surface area (Å²) in [7, 11) is 0. The van der Waals surface area contributed by atoms with E-state index in [9.17, 15) is 4.79 Å². The summed E-state index contributed by atoms with van der Waals surface area (Å²) in [6.07, 6.45) is 3.00. The van der Waals surface area contributed by atoms with Crippen molar-refractivity contribution >= 4 is 23.6 Å². The van der Waals surface area contributed by atoms with Gasteiger partial charge in [0.05, 0.1) is 0 Å². The number of amides is 1. The summed E-state index contributed by atoms with van der Waals surface area (Å²) in [6.45, 7) is 3.80. The molecule has 0 saturated carbocycles. The smallest absolute Gasteiger partial charge is 0.262 e. The van der Waals surface area contributed by atoms with E-state index in [4.69, 9.17) is 16.9 Å². The Labute approximate surface area is 105 Å². The molecule has 86 valence electrons. The van der Waals surface area contributed by atoms with Gasteiger partial charge in [0.25, 0.3) is 5.91 Å². The minimum atomic E-state index is -0.438. The molecule has 0 spiro atoms. The molecule has 1 aromatic rings. The van der Waals surface area contributed by atoms with Crippen molar-refractivity contribution in [3.8, 4) is 6.07 Å². The number of hydrogen-bond donors (Lipinski definition) is 1. The van der Waals surface area contributed by atoms with E-state index in [1.807, 2.05) is 6.07 Å². The molecule has 0 heterocycles. The molecule has 0 aliphatic carbocycles. The standard InChI is InChI=1S/C13H11ClN2O/c1-2-7-16-13(17)11(9-15)8-10-5-3-4-6-12(10)14/h2-6,8H,1,7H2,(H,16,17)/b11-8+. The SMILES string of the molecule is C=CCNC(=O)/C(C#N)=C/c1ccccc1Cl. The van der Waals surface area contributed by atoms with Crippen LogP contribution >= 0.6 is 11.6 Å². The number of nitrogens with one attached hydrogen (secondary N) is 1. The van der Waals surface area contributed by atoms with Crippen molar-refractivity contribution in [2.75, 3.05) is 6.54 Å². The van der Waals surface area contributed by atoms with Crippen LogP contribution in [0.4, 0.5) is 0 Å². The second kappa shape index (κ2) is 6.51. The van der Waals surface area contributed by atoms with Crippen molar-refractivity contribution in [3.05, 3.63) is 53.1 Å². The van der Waals surface area contributed by atoms with Crippen molar-refractivity contribution in [2.45, 2.75) is 0 Å². The van der Waals surface area contributed by atoms with Crippen LogP contribution in [0, 0.1) is 11.3 Å². The van der Waals surface area contributed by atoms with E-state index in [0.717, 1.165) is 0 Å². The molecule has 3 nitrogen and oxygen atoms in total. The van der Waals surface area contributed by atoms with Crippen molar-refractivity contribution in [1.82, 2.24) is 5.32 Å². The maximum atomic E-state index is 11.6. The molecular weight excluding hydrogens is 236 g/mol. The first-order valence-corrected chi connectivity index (χ1v) is 5.32. The Bertz CT molecular complexity index is 500. The summed E-state index contributed by atoms with van der Waals surface area (Å²) in [5, 5.41) is 11.9. The van der Waals surface area contributed by atoms with Gasteiger partial charge in [-0.15, -0.1) is 6.58 Å². The van der Waals surface area contributed by atoms with E-state index in [0.29, 0.717) is 17.1 Å². The van der Waals surface area contributed by atoms with Gasteiger partial charge in [0.2, 0.25) is 0 Å². The molecule has 0 unspecified atom stereocenters. The zero-order chi connectivity index (χ0) is 12.7. The highest BCUT2D eigenvalue weighted by molar-refractivity contribution is 6.32. The Morgan fingerprint density at radius 2 is 2.24 bits per heavy atom. The average molecular weight is 247 g/mol.